The van der Waals surface area contributed by atoms with E-state index in [-0.39, 0.29) is 17.4 Å². The first-order valence-corrected chi connectivity index (χ1v) is 7.39. The Bertz CT molecular complexity index is 625. The van der Waals surface area contributed by atoms with Gasteiger partial charge in [0.1, 0.15) is 6.04 Å². The molecule has 0 aromatic heterocycles. The van der Waals surface area contributed by atoms with Gasteiger partial charge in [0.2, 0.25) is 11.8 Å². The molecule has 0 spiro atoms. The Kier molecular flexibility index (Phi) is 6.91. The molecule has 5 N–H and O–H groups in total. The quantitative estimate of drug-likeness (QED) is 0.530. The SMILES string of the molecule is CC(C)C(=O)NCc1ccc(C(=O)NC(CC(N)=O)C(=O)O)cc1. The number of primary amides is 1. The number of carbonyl (C=O) groups excluding carboxylic acids is 3. The number of amides is 3. The van der Waals surface area contributed by atoms with E-state index in [1.54, 1.807) is 26.0 Å². The molecule has 1 atom stereocenters. The molecule has 0 bridgehead atoms. The van der Waals surface area contributed by atoms with Crippen LogP contribution in [0.25, 0.3) is 0 Å². The average Bonchev–Trinajstić information content (AvgIpc) is 2.51. The molecule has 0 aliphatic heterocycles. The fraction of sp³-hybridized carbons (Fsp3) is 0.375. The first-order valence-electron chi connectivity index (χ1n) is 7.39. The van der Waals surface area contributed by atoms with Crippen molar-refractivity contribution in [2.45, 2.75) is 32.9 Å². The number of rotatable bonds is 8. The summed E-state index contributed by atoms with van der Waals surface area (Å²) >= 11 is 0. The minimum atomic E-state index is -1.37. The zero-order valence-corrected chi connectivity index (χ0v) is 13.5. The van der Waals surface area contributed by atoms with E-state index < -0.39 is 30.2 Å². The maximum absolute atomic E-state index is 12.0. The second-order valence-electron chi connectivity index (χ2n) is 5.60. The highest BCUT2D eigenvalue weighted by molar-refractivity contribution is 5.97. The number of hydrogen-bond acceptors (Lipinski definition) is 4. The molecule has 0 fully saturated rings. The molecule has 3 amide bonds. The van der Waals surface area contributed by atoms with Crippen LogP contribution in [0.15, 0.2) is 24.3 Å². The Morgan fingerprint density at radius 1 is 1.12 bits per heavy atom. The Morgan fingerprint density at radius 3 is 2.17 bits per heavy atom. The summed E-state index contributed by atoms with van der Waals surface area (Å²) in [5.41, 5.74) is 6.00. The van der Waals surface area contributed by atoms with Gasteiger partial charge in [0, 0.05) is 18.0 Å². The van der Waals surface area contributed by atoms with Crippen LogP contribution in [0.1, 0.15) is 36.2 Å². The number of hydrogen-bond donors (Lipinski definition) is 4. The van der Waals surface area contributed by atoms with Crippen molar-refractivity contribution >= 4 is 23.7 Å². The predicted octanol–water partition coefficient (Wildman–Crippen LogP) is 0.0172. The average molecular weight is 335 g/mol. The number of carboxylic acids is 1. The third kappa shape index (κ3) is 6.07. The molecule has 0 heterocycles. The van der Waals surface area contributed by atoms with Crippen molar-refractivity contribution in [1.29, 1.82) is 0 Å². The summed E-state index contributed by atoms with van der Waals surface area (Å²) < 4.78 is 0. The summed E-state index contributed by atoms with van der Waals surface area (Å²) in [6.07, 6.45) is -0.486. The lowest BCUT2D eigenvalue weighted by molar-refractivity contribution is -0.141. The Morgan fingerprint density at radius 2 is 1.71 bits per heavy atom. The molecule has 1 unspecified atom stereocenters. The van der Waals surface area contributed by atoms with Crippen molar-refractivity contribution in [3.05, 3.63) is 35.4 Å². The van der Waals surface area contributed by atoms with Gasteiger partial charge < -0.3 is 21.5 Å². The zero-order chi connectivity index (χ0) is 18.3. The van der Waals surface area contributed by atoms with Gasteiger partial charge in [-0.15, -0.1) is 0 Å². The lowest BCUT2D eigenvalue weighted by Crippen LogP contribution is -2.43. The first-order chi connectivity index (χ1) is 11.2. The minimum absolute atomic E-state index is 0.0763. The Labute approximate surface area is 139 Å². The Balaban J connectivity index is 2.67. The van der Waals surface area contributed by atoms with Crippen LogP contribution in [0.3, 0.4) is 0 Å². The standard InChI is InChI=1S/C16H21N3O5/c1-9(2)14(21)18-8-10-3-5-11(6-4-10)15(22)19-12(16(23)24)7-13(17)20/h3-6,9,12H,7-8H2,1-2H3,(H2,17,20)(H,18,21)(H,19,22)(H,23,24). The van der Waals surface area contributed by atoms with Crippen LogP contribution in [0.5, 0.6) is 0 Å². The molecule has 8 heteroatoms. The summed E-state index contributed by atoms with van der Waals surface area (Å²) in [5, 5.41) is 14.0. The molecule has 1 rings (SSSR count). The van der Waals surface area contributed by atoms with E-state index in [1.807, 2.05) is 0 Å². The maximum Gasteiger partial charge on any atom is 0.326 e. The van der Waals surface area contributed by atoms with E-state index in [0.29, 0.717) is 6.54 Å². The largest absolute Gasteiger partial charge is 0.480 e. The fourth-order valence-electron chi connectivity index (χ4n) is 1.81. The van der Waals surface area contributed by atoms with Gasteiger partial charge >= 0.3 is 5.97 Å². The van der Waals surface area contributed by atoms with Crippen molar-refractivity contribution in [1.82, 2.24) is 10.6 Å². The van der Waals surface area contributed by atoms with Gasteiger partial charge in [-0.05, 0) is 17.7 Å². The summed E-state index contributed by atoms with van der Waals surface area (Å²) in [6, 6.07) is 4.95. The summed E-state index contributed by atoms with van der Waals surface area (Å²) in [5.74, 6) is -2.98. The molecule has 8 nitrogen and oxygen atoms in total. The third-order valence-electron chi connectivity index (χ3n) is 3.22. The van der Waals surface area contributed by atoms with Crippen LogP contribution in [-0.2, 0) is 20.9 Å². The molecule has 0 saturated carbocycles. The van der Waals surface area contributed by atoms with E-state index in [4.69, 9.17) is 10.8 Å². The van der Waals surface area contributed by atoms with Crippen molar-refractivity contribution in [3.63, 3.8) is 0 Å². The number of benzene rings is 1. The van der Waals surface area contributed by atoms with Crippen LogP contribution in [0.2, 0.25) is 0 Å². The molecular weight excluding hydrogens is 314 g/mol. The van der Waals surface area contributed by atoms with E-state index in [2.05, 4.69) is 10.6 Å². The molecule has 0 aliphatic rings. The van der Waals surface area contributed by atoms with Crippen LogP contribution in [0, 0.1) is 5.92 Å². The smallest absolute Gasteiger partial charge is 0.326 e. The number of nitrogens with two attached hydrogens (primary N) is 1. The van der Waals surface area contributed by atoms with E-state index in [1.165, 1.54) is 12.1 Å². The monoisotopic (exact) mass is 335 g/mol. The molecular formula is C16H21N3O5. The number of aliphatic carboxylic acids is 1. The fourth-order valence-corrected chi connectivity index (χ4v) is 1.81. The first kappa shape index (κ1) is 19.1. The van der Waals surface area contributed by atoms with E-state index >= 15 is 0 Å². The van der Waals surface area contributed by atoms with Gasteiger partial charge in [-0.25, -0.2) is 4.79 Å². The highest BCUT2D eigenvalue weighted by Gasteiger charge is 2.22. The van der Waals surface area contributed by atoms with E-state index in [9.17, 15) is 19.2 Å². The number of nitrogens with one attached hydrogen (secondary N) is 2. The normalized spacial score (nSPS) is 11.6. The third-order valence-corrected chi connectivity index (χ3v) is 3.22. The molecule has 1 aromatic rings. The van der Waals surface area contributed by atoms with Crippen molar-refractivity contribution in [2.24, 2.45) is 11.7 Å². The van der Waals surface area contributed by atoms with Crippen LogP contribution in [-0.4, -0.2) is 34.8 Å². The van der Waals surface area contributed by atoms with Crippen molar-refractivity contribution in [2.75, 3.05) is 0 Å². The van der Waals surface area contributed by atoms with Gasteiger partial charge in [-0.1, -0.05) is 26.0 Å². The summed E-state index contributed by atoms with van der Waals surface area (Å²) in [6.45, 7) is 3.90. The van der Waals surface area contributed by atoms with Gasteiger partial charge in [0.15, 0.2) is 0 Å². The molecule has 24 heavy (non-hydrogen) atoms. The Hall–Kier alpha value is -2.90. The summed E-state index contributed by atoms with van der Waals surface area (Å²) in [7, 11) is 0. The number of carboxylic acid groups (broad SMARTS) is 1. The van der Waals surface area contributed by atoms with Crippen molar-refractivity contribution in [3.8, 4) is 0 Å². The zero-order valence-electron chi connectivity index (χ0n) is 13.5. The maximum atomic E-state index is 12.0. The topological polar surface area (TPSA) is 139 Å². The molecule has 1 aromatic carbocycles. The molecule has 0 aliphatic carbocycles. The van der Waals surface area contributed by atoms with Gasteiger partial charge in [-0.2, -0.15) is 0 Å². The highest BCUT2D eigenvalue weighted by Crippen LogP contribution is 2.06. The van der Waals surface area contributed by atoms with Crippen LogP contribution in [0.4, 0.5) is 0 Å². The second-order valence-corrected chi connectivity index (χ2v) is 5.60. The minimum Gasteiger partial charge on any atom is -0.480 e. The van der Waals surface area contributed by atoms with Crippen molar-refractivity contribution < 1.29 is 24.3 Å². The number of carbonyl (C=O) groups is 4. The lowest BCUT2D eigenvalue weighted by atomic mass is 10.1. The molecule has 0 radical (unpaired) electrons. The van der Waals surface area contributed by atoms with Gasteiger partial charge in [-0.3, -0.25) is 14.4 Å². The summed E-state index contributed by atoms with van der Waals surface area (Å²) in [4.78, 5) is 45.3. The van der Waals surface area contributed by atoms with Crippen LogP contribution < -0.4 is 16.4 Å². The van der Waals surface area contributed by atoms with Gasteiger partial charge in [0.25, 0.3) is 5.91 Å². The van der Waals surface area contributed by atoms with E-state index in [0.717, 1.165) is 5.56 Å². The lowest BCUT2D eigenvalue weighted by Gasteiger charge is -2.13. The molecule has 130 valence electrons. The second kappa shape index (κ2) is 8.66. The molecule has 0 saturated heterocycles. The predicted molar refractivity (Wildman–Crippen MR) is 85.8 cm³/mol. The van der Waals surface area contributed by atoms with Gasteiger partial charge in [0.05, 0.1) is 6.42 Å². The highest BCUT2D eigenvalue weighted by atomic mass is 16.4. The van der Waals surface area contributed by atoms with Crippen LogP contribution >= 0.6 is 0 Å².